The summed E-state index contributed by atoms with van der Waals surface area (Å²) in [5.41, 5.74) is 4.60. The van der Waals surface area contributed by atoms with Crippen LogP contribution < -0.4 is 4.74 Å². The van der Waals surface area contributed by atoms with Gasteiger partial charge in [-0.3, -0.25) is 14.5 Å². The molecule has 8 nitrogen and oxygen atoms in total. The van der Waals surface area contributed by atoms with E-state index in [1.54, 1.807) is 12.4 Å². The molecule has 0 radical (unpaired) electrons. The van der Waals surface area contributed by atoms with Gasteiger partial charge in [-0.25, -0.2) is 4.98 Å². The summed E-state index contributed by atoms with van der Waals surface area (Å²) in [6, 6.07) is 6.02. The van der Waals surface area contributed by atoms with E-state index in [9.17, 15) is 4.79 Å². The number of aryl methyl sites for hydroxylation is 2. The molecule has 0 aromatic carbocycles. The molecule has 0 unspecified atom stereocenters. The molecule has 1 atom stereocenters. The number of halogens is 1. The number of carbonyl (C=O) groups is 1. The Labute approximate surface area is 185 Å². The second-order valence-electron chi connectivity index (χ2n) is 7.63. The third-order valence-electron chi connectivity index (χ3n) is 5.53. The fourth-order valence-electron chi connectivity index (χ4n) is 4.04. The van der Waals surface area contributed by atoms with Crippen LogP contribution in [0.15, 0.2) is 34.1 Å². The molecule has 1 fully saturated rings. The van der Waals surface area contributed by atoms with E-state index in [-0.39, 0.29) is 23.5 Å². The third-order valence-corrected chi connectivity index (χ3v) is 5.94. The van der Waals surface area contributed by atoms with E-state index in [1.165, 1.54) is 0 Å². The molecule has 0 spiro atoms. The summed E-state index contributed by atoms with van der Waals surface area (Å²) in [7, 11) is 0. The van der Waals surface area contributed by atoms with Crippen LogP contribution >= 0.6 is 11.6 Å². The molecule has 4 heterocycles. The van der Waals surface area contributed by atoms with Crippen molar-refractivity contribution >= 4 is 23.6 Å². The highest BCUT2D eigenvalue weighted by atomic mass is 35.5. The lowest BCUT2D eigenvalue weighted by Crippen LogP contribution is -2.28. The SMILES string of the molecule is Cc1nn(CCC#N)c(C)c1-c1ccnc(O[C@@H]2CCN(C3=C(Cl)C(=O)CN=C3)C2)c1. The molecule has 2 aliphatic rings. The number of aliphatic imine (C=N–C) groups is 1. The molecule has 2 aliphatic heterocycles. The quantitative estimate of drug-likeness (QED) is 0.687. The summed E-state index contributed by atoms with van der Waals surface area (Å²) in [5, 5.41) is 13.7. The van der Waals surface area contributed by atoms with Crippen molar-refractivity contribution in [1.82, 2.24) is 19.7 Å². The Morgan fingerprint density at radius 1 is 1.39 bits per heavy atom. The van der Waals surface area contributed by atoms with Crippen molar-refractivity contribution in [3.63, 3.8) is 0 Å². The van der Waals surface area contributed by atoms with Crippen molar-refractivity contribution in [2.75, 3.05) is 19.6 Å². The molecular formula is C22H23ClN6O2. The first-order chi connectivity index (χ1) is 15.0. The second-order valence-corrected chi connectivity index (χ2v) is 8.00. The van der Waals surface area contributed by atoms with Gasteiger partial charge >= 0.3 is 0 Å². The first-order valence-corrected chi connectivity index (χ1v) is 10.6. The largest absolute Gasteiger partial charge is 0.472 e. The number of hydrogen-bond donors (Lipinski definition) is 0. The standard InChI is InChI=1S/C22H23ClN6O2/c1-14-21(15(2)29(27-14)8-3-6-24)16-4-7-26-20(10-16)31-17-5-9-28(13-17)18-11-25-12-19(30)22(18)23/h4,7,10-11,17H,3,5,8-9,12-13H2,1-2H3/t17-/m1/s1. The van der Waals surface area contributed by atoms with Crippen LogP contribution in [0.4, 0.5) is 0 Å². The van der Waals surface area contributed by atoms with E-state index in [4.69, 9.17) is 21.6 Å². The fourth-order valence-corrected chi connectivity index (χ4v) is 4.26. The first-order valence-electron chi connectivity index (χ1n) is 10.2. The predicted molar refractivity (Wildman–Crippen MR) is 117 cm³/mol. The van der Waals surface area contributed by atoms with Gasteiger partial charge in [0.05, 0.1) is 37.0 Å². The zero-order chi connectivity index (χ0) is 22.0. The summed E-state index contributed by atoms with van der Waals surface area (Å²) in [6.07, 6.45) is 4.55. The van der Waals surface area contributed by atoms with Crippen molar-refractivity contribution in [2.24, 2.45) is 4.99 Å². The maximum absolute atomic E-state index is 11.8. The van der Waals surface area contributed by atoms with Gasteiger partial charge < -0.3 is 9.64 Å². The summed E-state index contributed by atoms with van der Waals surface area (Å²) in [6.45, 7) is 6.00. The highest BCUT2D eigenvalue weighted by molar-refractivity contribution is 6.44. The van der Waals surface area contributed by atoms with Crippen molar-refractivity contribution < 1.29 is 9.53 Å². The second kappa shape index (κ2) is 8.90. The van der Waals surface area contributed by atoms with Crippen LogP contribution in [-0.4, -0.2) is 57.4 Å². The number of allylic oxidation sites excluding steroid dienone is 1. The Hall–Kier alpha value is -3.18. The maximum Gasteiger partial charge on any atom is 0.214 e. The van der Waals surface area contributed by atoms with Gasteiger partial charge in [-0.1, -0.05) is 11.6 Å². The van der Waals surface area contributed by atoms with Gasteiger partial charge in [0.15, 0.2) is 5.78 Å². The number of nitrogens with zero attached hydrogens (tertiary/aromatic N) is 6. The average Bonchev–Trinajstić information content (AvgIpc) is 3.32. The van der Waals surface area contributed by atoms with Crippen LogP contribution in [0, 0.1) is 25.2 Å². The summed E-state index contributed by atoms with van der Waals surface area (Å²) >= 11 is 6.19. The number of rotatable bonds is 6. The predicted octanol–water partition coefficient (Wildman–Crippen LogP) is 3.03. The Kier molecular flexibility index (Phi) is 6.05. The van der Waals surface area contributed by atoms with Gasteiger partial charge in [0.25, 0.3) is 0 Å². The Morgan fingerprint density at radius 2 is 2.23 bits per heavy atom. The van der Waals surface area contributed by atoms with E-state index in [0.717, 1.165) is 35.5 Å². The molecule has 31 heavy (non-hydrogen) atoms. The van der Waals surface area contributed by atoms with Crippen LogP contribution in [0.5, 0.6) is 5.88 Å². The number of Topliss-reactive ketones (excluding diaryl/α,β-unsaturated/α-hetero) is 1. The van der Waals surface area contributed by atoms with E-state index in [2.05, 4.69) is 21.1 Å². The van der Waals surface area contributed by atoms with Crippen LogP contribution in [0.1, 0.15) is 24.2 Å². The van der Waals surface area contributed by atoms with Gasteiger partial charge in [-0.2, -0.15) is 10.4 Å². The molecule has 2 aromatic rings. The topological polar surface area (TPSA) is 96.4 Å². The number of ketones is 1. The van der Waals surface area contributed by atoms with Crippen molar-refractivity contribution in [3.05, 3.63) is 40.4 Å². The van der Waals surface area contributed by atoms with Crippen LogP contribution in [0.25, 0.3) is 11.1 Å². The molecule has 160 valence electrons. The van der Waals surface area contributed by atoms with Gasteiger partial charge in [-0.15, -0.1) is 0 Å². The fraction of sp³-hybridized carbons (Fsp3) is 0.409. The molecule has 4 rings (SSSR count). The van der Waals surface area contributed by atoms with Crippen molar-refractivity contribution in [2.45, 2.75) is 39.3 Å². The normalized spacial score (nSPS) is 18.6. The van der Waals surface area contributed by atoms with E-state index >= 15 is 0 Å². The molecule has 0 aliphatic carbocycles. The number of carbonyl (C=O) groups excluding carboxylic acids is 1. The summed E-state index contributed by atoms with van der Waals surface area (Å²) in [5.74, 6) is 0.389. The summed E-state index contributed by atoms with van der Waals surface area (Å²) in [4.78, 5) is 22.3. The smallest absolute Gasteiger partial charge is 0.214 e. The number of likely N-dealkylation sites (tertiary alicyclic amines) is 1. The van der Waals surface area contributed by atoms with E-state index in [1.807, 2.05) is 35.6 Å². The highest BCUT2D eigenvalue weighted by Gasteiger charge is 2.29. The Morgan fingerprint density at radius 3 is 3.03 bits per heavy atom. The van der Waals surface area contributed by atoms with Crippen LogP contribution in [-0.2, 0) is 11.3 Å². The lowest BCUT2D eigenvalue weighted by Gasteiger charge is -2.22. The Bertz CT molecular complexity index is 1110. The van der Waals surface area contributed by atoms with Crippen LogP contribution in [0.2, 0.25) is 0 Å². The lowest BCUT2D eigenvalue weighted by atomic mass is 10.1. The van der Waals surface area contributed by atoms with E-state index in [0.29, 0.717) is 31.1 Å². The lowest BCUT2D eigenvalue weighted by molar-refractivity contribution is -0.113. The molecule has 0 amide bonds. The molecule has 9 heteroatoms. The van der Waals surface area contributed by atoms with Crippen molar-refractivity contribution in [3.8, 4) is 23.1 Å². The highest BCUT2D eigenvalue weighted by Crippen LogP contribution is 2.30. The first kappa shape index (κ1) is 21.1. The average molecular weight is 439 g/mol. The summed E-state index contributed by atoms with van der Waals surface area (Å²) < 4.78 is 8.02. The molecular weight excluding hydrogens is 416 g/mol. The molecule has 0 saturated carbocycles. The van der Waals surface area contributed by atoms with Crippen molar-refractivity contribution in [1.29, 1.82) is 5.26 Å². The zero-order valence-electron chi connectivity index (χ0n) is 17.5. The molecule has 1 saturated heterocycles. The van der Waals surface area contributed by atoms with E-state index < -0.39 is 0 Å². The van der Waals surface area contributed by atoms with Gasteiger partial charge in [-0.05, 0) is 25.5 Å². The number of aromatic nitrogens is 3. The minimum Gasteiger partial charge on any atom is -0.472 e. The maximum atomic E-state index is 11.8. The van der Waals surface area contributed by atoms with Gasteiger partial charge in [0.1, 0.15) is 17.7 Å². The third kappa shape index (κ3) is 4.32. The molecule has 2 aromatic heterocycles. The van der Waals surface area contributed by atoms with Crippen LogP contribution in [0.3, 0.4) is 0 Å². The van der Waals surface area contributed by atoms with Gasteiger partial charge in [0.2, 0.25) is 5.88 Å². The number of ether oxygens (including phenoxy) is 1. The molecule has 0 N–H and O–H groups in total. The number of hydrogen-bond acceptors (Lipinski definition) is 7. The Balaban J connectivity index is 1.49. The molecule has 0 bridgehead atoms. The monoisotopic (exact) mass is 438 g/mol. The number of dihydropyridines is 1. The zero-order valence-corrected chi connectivity index (χ0v) is 18.3. The minimum atomic E-state index is -0.154. The minimum absolute atomic E-state index is 0.0642. The number of pyridine rings is 1. The van der Waals surface area contributed by atoms with Gasteiger partial charge in [0, 0.05) is 42.7 Å². The number of nitriles is 1.